The first-order valence-electron chi connectivity index (χ1n) is 11.7. The summed E-state index contributed by atoms with van der Waals surface area (Å²) < 4.78 is 1.57. The maximum absolute atomic E-state index is 13.5. The number of rotatable bonds is 4. The molecule has 2 heterocycles. The minimum Gasteiger partial charge on any atom is -0.481 e. The molecule has 5 atom stereocenters. The quantitative estimate of drug-likeness (QED) is 0.748. The second kappa shape index (κ2) is 7.08. The van der Waals surface area contributed by atoms with Crippen LogP contribution in [0, 0.1) is 17.3 Å². The highest BCUT2D eigenvalue weighted by atomic mass is 35.5. The van der Waals surface area contributed by atoms with Gasteiger partial charge in [-0.05, 0) is 62.3 Å². The van der Waals surface area contributed by atoms with Crippen LogP contribution in [0.1, 0.15) is 56.4 Å². The van der Waals surface area contributed by atoms with Crippen molar-refractivity contribution in [2.45, 2.75) is 56.4 Å². The summed E-state index contributed by atoms with van der Waals surface area (Å²) in [6.45, 7) is 1.65. The molecule has 168 valence electrons. The molecule has 7 rings (SSSR count). The highest BCUT2D eigenvalue weighted by Gasteiger charge is 2.62. The summed E-state index contributed by atoms with van der Waals surface area (Å²) in [5, 5.41) is 14.9. The van der Waals surface area contributed by atoms with Crippen LogP contribution in [-0.2, 0) is 10.3 Å². The molecule has 4 aliphatic carbocycles. The number of carboxylic acid groups (broad SMARTS) is 1. The van der Waals surface area contributed by atoms with Gasteiger partial charge in [0.1, 0.15) is 5.02 Å². The van der Waals surface area contributed by atoms with Gasteiger partial charge in [-0.25, -0.2) is 4.68 Å². The largest absolute Gasteiger partial charge is 0.481 e. The van der Waals surface area contributed by atoms with Gasteiger partial charge in [-0.1, -0.05) is 41.9 Å². The van der Waals surface area contributed by atoms with Crippen molar-refractivity contribution >= 4 is 23.3 Å². The number of benzene rings is 1. The Hall–Kier alpha value is -2.34. The van der Waals surface area contributed by atoms with Gasteiger partial charge in [0.15, 0.2) is 0 Å². The van der Waals surface area contributed by atoms with E-state index in [0.29, 0.717) is 29.9 Å². The smallest absolute Gasteiger partial charge is 0.309 e. The summed E-state index contributed by atoms with van der Waals surface area (Å²) in [5.74, 6) is 0.401. The Morgan fingerprint density at radius 2 is 1.84 bits per heavy atom. The lowest BCUT2D eigenvalue weighted by Crippen LogP contribution is -2.61. The molecule has 5 aliphatic rings. The summed E-state index contributed by atoms with van der Waals surface area (Å²) in [7, 11) is 0. The van der Waals surface area contributed by atoms with Crippen molar-refractivity contribution in [1.29, 1.82) is 0 Å². The zero-order valence-electron chi connectivity index (χ0n) is 18.0. The minimum atomic E-state index is -0.714. The number of hydrogen-bond acceptors (Lipinski definition) is 4. The number of aliphatic carboxylic acids is 1. The van der Waals surface area contributed by atoms with Crippen LogP contribution in [0.25, 0.3) is 0 Å². The molecule has 1 aromatic carbocycles. The molecule has 0 spiro atoms. The van der Waals surface area contributed by atoms with Gasteiger partial charge >= 0.3 is 5.97 Å². The van der Waals surface area contributed by atoms with Crippen LogP contribution >= 0.6 is 11.6 Å². The summed E-state index contributed by atoms with van der Waals surface area (Å²) in [6.07, 6.45) is 7.45. The van der Waals surface area contributed by atoms with Crippen molar-refractivity contribution in [3.8, 4) is 0 Å². The van der Waals surface area contributed by atoms with Crippen molar-refractivity contribution in [3.05, 3.63) is 57.5 Å². The predicted octanol–water partition coefficient (Wildman–Crippen LogP) is 4.27. The summed E-state index contributed by atoms with van der Waals surface area (Å²) in [4.78, 5) is 27.9. The number of carbonyl (C=O) groups is 1. The van der Waals surface area contributed by atoms with E-state index in [1.54, 1.807) is 10.9 Å². The Balaban J connectivity index is 1.32. The van der Waals surface area contributed by atoms with Gasteiger partial charge < -0.3 is 10.0 Å². The van der Waals surface area contributed by atoms with E-state index in [-0.39, 0.29) is 10.6 Å². The molecule has 0 amide bonds. The first kappa shape index (κ1) is 20.3. The summed E-state index contributed by atoms with van der Waals surface area (Å²) in [6, 6.07) is 10.4. The number of hydrogen-bond donors (Lipinski definition) is 1. The van der Waals surface area contributed by atoms with E-state index >= 15 is 0 Å². The third-order valence-electron chi connectivity index (χ3n) is 8.63. The summed E-state index contributed by atoms with van der Waals surface area (Å²) >= 11 is 6.68. The Morgan fingerprint density at radius 1 is 1.12 bits per heavy atom. The van der Waals surface area contributed by atoms with Crippen LogP contribution in [-0.4, -0.2) is 33.9 Å². The fourth-order valence-electron chi connectivity index (χ4n) is 7.67. The number of aromatic nitrogens is 2. The van der Waals surface area contributed by atoms with Gasteiger partial charge in [0.2, 0.25) is 0 Å². The van der Waals surface area contributed by atoms with E-state index in [0.717, 1.165) is 51.6 Å². The molecular weight excluding hydrogens is 426 g/mol. The van der Waals surface area contributed by atoms with Gasteiger partial charge in [-0.15, -0.1) is 0 Å². The lowest BCUT2D eigenvalue weighted by Gasteiger charge is -2.60. The molecule has 7 heteroatoms. The Kier molecular flexibility index (Phi) is 4.49. The molecule has 32 heavy (non-hydrogen) atoms. The molecular formula is C25H28ClN3O3. The van der Waals surface area contributed by atoms with E-state index in [1.807, 2.05) is 6.07 Å². The topological polar surface area (TPSA) is 75.4 Å². The van der Waals surface area contributed by atoms with Gasteiger partial charge in [0.25, 0.3) is 5.56 Å². The average molecular weight is 454 g/mol. The van der Waals surface area contributed by atoms with Crippen molar-refractivity contribution < 1.29 is 9.90 Å². The van der Waals surface area contributed by atoms with Gasteiger partial charge in [-0.3, -0.25) is 9.59 Å². The average Bonchev–Trinajstić information content (AvgIpc) is 3.25. The highest BCUT2D eigenvalue weighted by molar-refractivity contribution is 6.33. The third-order valence-corrected chi connectivity index (χ3v) is 8.99. The molecule has 6 nitrogen and oxygen atoms in total. The van der Waals surface area contributed by atoms with Crippen LogP contribution in [0.2, 0.25) is 5.02 Å². The molecule has 1 aromatic heterocycles. The monoisotopic (exact) mass is 453 g/mol. The Morgan fingerprint density at radius 3 is 2.53 bits per heavy atom. The third kappa shape index (κ3) is 2.95. The Bertz CT molecular complexity index is 1120. The van der Waals surface area contributed by atoms with Crippen molar-refractivity contribution in [3.63, 3.8) is 0 Å². The van der Waals surface area contributed by atoms with Crippen molar-refractivity contribution in [1.82, 2.24) is 9.78 Å². The second-order valence-electron chi connectivity index (χ2n) is 10.7. The SMILES string of the molecule is O=C(O)C12C[C@H]3C[C@@H](C1)CC(n1ncc(N4CC[C@@H](c5ccccc5)C4)c(Cl)c1=O)(C3)C2. The minimum absolute atomic E-state index is 0.217. The number of nitrogens with zero attached hydrogens (tertiary/aromatic N) is 3. The van der Waals surface area contributed by atoms with Crippen LogP contribution in [0.5, 0.6) is 0 Å². The van der Waals surface area contributed by atoms with Crippen LogP contribution in [0.15, 0.2) is 41.3 Å². The first-order valence-corrected chi connectivity index (χ1v) is 12.1. The zero-order chi connectivity index (χ0) is 22.1. The molecule has 1 saturated heterocycles. The molecule has 4 bridgehead atoms. The Labute approximate surface area is 192 Å². The van der Waals surface area contributed by atoms with Crippen molar-refractivity contribution in [2.75, 3.05) is 18.0 Å². The van der Waals surface area contributed by atoms with Crippen LogP contribution in [0.3, 0.4) is 0 Å². The maximum atomic E-state index is 13.5. The first-order chi connectivity index (χ1) is 15.4. The van der Waals surface area contributed by atoms with E-state index in [4.69, 9.17) is 11.6 Å². The summed E-state index contributed by atoms with van der Waals surface area (Å²) in [5.41, 5.74) is 0.506. The highest BCUT2D eigenvalue weighted by Crippen LogP contribution is 2.64. The molecule has 5 fully saturated rings. The second-order valence-corrected chi connectivity index (χ2v) is 11.1. The number of halogens is 1. The predicted molar refractivity (Wildman–Crippen MR) is 122 cm³/mol. The fraction of sp³-hybridized carbons (Fsp3) is 0.560. The van der Waals surface area contributed by atoms with E-state index in [9.17, 15) is 14.7 Å². The molecule has 1 aliphatic heterocycles. The van der Waals surface area contributed by atoms with Crippen molar-refractivity contribution in [2.24, 2.45) is 17.3 Å². The molecule has 1 N–H and O–H groups in total. The normalized spacial score (nSPS) is 35.4. The van der Waals surface area contributed by atoms with Gasteiger partial charge in [-0.2, -0.15) is 5.10 Å². The number of anilines is 1. The van der Waals surface area contributed by atoms with Gasteiger partial charge in [0, 0.05) is 19.0 Å². The van der Waals surface area contributed by atoms with Crippen LogP contribution in [0.4, 0.5) is 5.69 Å². The maximum Gasteiger partial charge on any atom is 0.309 e. The fourth-order valence-corrected chi connectivity index (χ4v) is 7.92. The molecule has 2 aromatic rings. The number of carboxylic acids is 1. The molecule has 0 radical (unpaired) electrons. The lowest BCUT2D eigenvalue weighted by molar-refractivity contribution is -0.173. The lowest BCUT2D eigenvalue weighted by atomic mass is 9.47. The van der Waals surface area contributed by atoms with Crippen LogP contribution < -0.4 is 10.5 Å². The molecule has 4 saturated carbocycles. The van der Waals surface area contributed by atoms with E-state index in [1.165, 1.54) is 5.56 Å². The van der Waals surface area contributed by atoms with E-state index in [2.05, 4.69) is 34.3 Å². The standard InChI is InChI=1S/C25H28ClN3O3/c26-21-20(28-7-6-19(14-28)18-4-2-1-3-5-18)13-27-29(22(21)30)25-11-16-8-17(12-25)10-24(9-16,15-25)23(31)32/h1-5,13,16-17,19H,6-12,14-15H2,(H,31,32)/t16-,17+,19-,24?,25?/m1/s1. The zero-order valence-corrected chi connectivity index (χ0v) is 18.8. The van der Waals surface area contributed by atoms with E-state index < -0.39 is 16.9 Å². The van der Waals surface area contributed by atoms with Gasteiger partial charge in [0.05, 0.1) is 22.8 Å². The molecule has 2 unspecified atom stereocenters.